The molecule has 0 aliphatic carbocycles. The smallest absolute Gasteiger partial charge is 0.203 e. The molecule has 0 radical (unpaired) electrons. The number of rotatable bonds is 10. The van der Waals surface area contributed by atoms with Crippen molar-refractivity contribution in [2.24, 2.45) is 0 Å². The number of ether oxygens (including phenoxy) is 5. The Balaban J connectivity index is 1.71. The van der Waals surface area contributed by atoms with Gasteiger partial charge >= 0.3 is 0 Å². The molecule has 4 aromatic rings. The summed E-state index contributed by atoms with van der Waals surface area (Å²) in [6.07, 6.45) is 0.866. The lowest BCUT2D eigenvalue weighted by Crippen LogP contribution is -2.03. The quantitative estimate of drug-likeness (QED) is 0.238. The summed E-state index contributed by atoms with van der Waals surface area (Å²) < 4.78 is 28.1. The Hall–Kier alpha value is -3.71. The molecule has 0 saturated carbocycles. The highest BCUT2D eigenvalue weighted by Crippen LogP contribution is 2.42. The van der Waals surface area contributed by atoms with Crippen LogP contribution in [-0.4, -0.2) is 41.3 Å². The normalized spacial score (nSPS) is 10.8. The van der Waals surface area contributed by atoms with Crippen LogP contribution in [0.2, 0.25) is 0 Å². The molecular weight excluding hydrogens is 464 g/mol. The van der Waals surface area contributed by atoms with Gasteiger partial charge in [0.05, 0.1) is 35.5 Å². The van der Waals surface area contributed by atoms with Crippen molar-refractivity contribution in [1.82, 2.24) is 0 Å². The maximum Gasteiger partial charge on any atom is 0.203 e. The van der Waals surface area contributed by atoms with Gasteiger partial charge in [-0.1, -0.05) is 0 Å². The summed E-state index contributed by atoms with van der Waals surface area (Å²) in [5, 5.41) is 0.927. The van der Waals surface area contributed by atoms with Crippen LogP contribution in [-0.2, 0) is 6.42 Å². The van der Waals surface area contributed by atoms with Crippen molar-refractivity contribution < 1.29 is 28.5 Å². The number of carbonyl (C=O) groups excluding carboxylic acids is 1. The standard InChI is InChI=1S/C28H28O6S/c1-30-19-9-7-18(8-10-19)28-26(21-12-11-20(31-2)16-25(21)35-28)22(29)13-6-17-14-23(32-3)27(34-5)24(15-17)33-4/h7-12,14-16H,6,13H2,1-5H3. The summed E-state index contributed by atoms with van der Waals surface area (Å²) in [7, 11) is 8.01. The van der Waals surface area contributed by atoms with Crippen molar-refractivity contribution in [1.29, 1.82) is 0 Å². The zero-order valence-corrected chi connectivity index (χ0v) is 21.3. The summed E-state index contributed by atoms with van der Waals surface area (Å²) in [5.74, 6) is 3.27. The van der Waals surface area contributed by atoms with E-state index in [2.05, 4.69) is 0 Å². The van der Waals surface area contributed by atoms with Gasteiger partial charge in [0, 0.05) is 26.9 Å². The molecule has 3 aromatic carbocycles. The number of hydrogen-bond acceptors (Lipinski definition) is 7. The Morgan fingerprint density at radius 1 is 0.743 bits per heavy atom. The van der Waals surface area contributed by atoms with E-state index in [1.807, 2.05) is 54.6 Å². The van der Waals surface area contributed by atoms with Crippen LogP contribution >= 0.6 is 11.3 Å². The lowest BCUT2D eigenvalue weighted by atomic mass is 9.97. The van der Waals surface area contributed by atoms with E-state index in [1.54, 1.807) is 46.9 Å². The molecule has 0 saturated heterocycles. The van der Waals surface area contributed by atoms with Gasteiger partial charge in [0.15, 0.2) is 17.3 Å². The summed E-state index contributed by atoms with van der Waals surface area (Å²) >= 11 is 1.59. The van der Waals surface area contributed by atoms with Crippen molar-refractivity contribution in [3.05, 3.63) is 65.7 Å². The summed E-state index contributed by atoms with van der Waals surface area (Å²) in [6.45, 7) is 0. The fraction of sp³-hybridized carbons (Fsp3) is 0.250. The van der Waals surface area contributed by atoms with E-state index >= 15 is 0 Å². The number of aryl methyl sites for hydroxylation is 1. The first-order chi connectivity index (χ1) is 17.0. The van der Waals surface area contributed by atoms with E-state index in [-0.39, 0.29) is 5.78 Å². The number of thiophene rings is 1. The van der Waals surface area contributed by atoms with Crippen molar-refractivity contribution >= 4 is 27.2 Å². The highest BCUT2D eigenvalue weighted by atomic mass is 32.1. The maximum absolute atomic E-state index is 13.7. The molecule has 182 valence electrons. The van der Waals surface area contributed by atoms with Gasteiger partial charge in [-0.05, 0) is 72.1 Å². The Bertz CT molecular complexity index is 1310. The molecule has 0 unspecified atom stereocenters. The van der Waals surface area contributed by atoms with Gasteiger partial charge < -0.3 is 23.7 Å². The molecule has 7 heteroatoms. The highest BCUT2D eigenvalue weighted by Gasteiger charge is 2.21. The first kappa shape index (κ1) is 24.4. The van der Waals surface area contributed by atoms with E-state index in [4.69, 9.17) is 23.7 Å². The van der Waals surface area contributed by atoms with E-state index in [0.29, 0.717) is 30.1 Å². The van der Waals surface area contributed by atoms with Gasteiger partial charge in [0.2, 0.25) is 5.75 Å². The average Bonchev–Trinajstić information content (AvgIpc) is 3.29. The van der Waals surface area contributed by atoms with Gasteiger partial charge in [-0.2, -0.15) is 0 Å². The molecule has 4 rings (SSSR count). The van der Waals surface area contributed by atoms with Crippen molar-refractivity contribution in [2.75, 3.05) is 35.5 Å². The van der Waals surface area contributed by atoms with Gasteiger partial charge in [-0.3, -0.25) is 4.79 Å². The number of ketones is 1. The Morgan fingerprint density at radius 2 is 1.37 bits per heavy atom. The minimum absolute atomic E-state index is 0.0704. The number of carbonyl (C=O) groups is 1. The molecule has 0 amide bonds. The fourth-order valence-corrected chi connectivity index (χ4v) is 5.34. The van der Waals surface area contributed by atoms with Crippen LogP contribution in [0.4, 0.5) is 0 Å². The third-order valence-corrected chi connectivity index (χ3v) is 7.10. The van der Waals surface area contributed by atoms with Crippen LogP contribution in [0, 0.1) is 0 Å². The summed E-state index contributed by atoms with van der Waals surface area (Å²) in [6, 6.07) is 17.4. The molecule has 0 aliphatic heterocycles. The number of fused-ring (bicyclic) bond motifs is 1. The topological polar surface area (TPSA) is 63.2 Å². The molecule has 6 nitrogen and oxygen atoms in total. The molecule has 0 atom stereocenters. The zero-order chi connectivity index (χ0) is 24.9. The lowest BCUT2D eigenvalue weighted by molar-refractivity contribution is 0.0985. The zero-order valence-electron chi connectivity index (χ0n) is 20.5. The third kappa shape index (κ3) is 4.91. The van der Waals surface area contributed by atoms with Crippen LogP contribution in [0.15, 0.2) is 54.6 Å². The van der Waals surface area contributed by atoms with Gasteiger partial charge in [-0.15, -0.1) is 11.3 Å². The Morgan fingerprint density at radius 3 is 1.94 bits per heavy atom. The molecule has 0 N–H and O–H groups in total. The maximum atomic E-state index is 13.7. The Kier molecular flexibility index (Phi) is 7.46. The average molecular weight is 493 g/mol. The SMILES string of the molecule is COc1ccc(-c2sc3cc(OC)ccc3c2C(=O)CCc2cc(OC)c(OC)c(OC)c2)cc1. The number of Topliss-reactive ketones (excluding diaryl/α,β-unsaturated/α-hetero) is 1. The number of methoxy groups -OCH3 is 5. The largest absolute Gasteiger partial charge is 0.497 e. The molecule has 1 aromatic heterocycles. The van der Waals surface area contributed by atoms with Crippen molar-refractivity contribution in [3.8, 4) is 39.2 Å². The van der Waals surface area contributed by atoms with E-state index < -0.39 is 0 Å². The van der Waals surface area contributed by atoms with Crippen LogP contribution < -0.4 is 23.7 Å². The van der Waals surface area contributed by atoms with E-state index in [0.717, 1.165) is 43.2 Å². The van der Waals surface area contributed by atoms with Crippen molar-refractivity contribution in [3.63, 3.8) is 0 Å². The lowest BCUT2D eigenvalue weighted by Gasteiger charge is -2.14. The third-order valence-electron chi connectivity index (χ3n) is 5.89. The van der Waals surface area contributed by atoms with Gasteiger partial charge in [0.25, 0.3) is 0 Å². The summed E-state index contributed by atoms with van der Waals surface area (Å²) in [4.78, 5) is 14.6. The minimum atomic E-state index is 0.0704. The van der Waals surface area contributed by atoms with Gasteiger partial charge in [0.1, 0.15) is 11.5 Å². The monoisotopic (exact) mass is 492 g/mol. The molecule has 0 aliphatic rings. The van der Waals surface area contributed by atoms with Crippen LogP contribution in [0.5, 0.6) is 28.7 Å². The predicted molar refractivity (Wildman–Crippen MR) is 139 cm³/mol. The van der Waals surface area contributed by atoms with Crippen LogP contribution in [0.3, 0.4) is 0 Å². The van der Waals surface area contributed by atoms with E-state index in [9.17, 15) is 4.79 Å². The summed E-state index contributed by atoms with van der Waals surface area (Å²) in [5.41, 5.74) is 2.63. The predicted octanol–water partition coefficient (Wildman–Crippen LogP) is 6.43. The fourth-order valence-electron chi connectivity index (χ4n) is 4.09. The van der Waals surface area contributed by atoms with Crippen molar-refractivity contribution in [2.45, 2.75) is 12.8 Å². The minimum Gasteiger partial charge on any atom is -0.497 e. The van der Waals surface area contributed by atoms with Crippen LogP contribution in [0.1, 0.15) is 22.3 Å². The second-order valence-electron chi connectivity index (χ2n) is 7.85. The molecule has 35 heavy (non-hydrogen) atoms. The Labute approximate surface area is 209 Å². The second kappa shape index (κ2) is 10.7. The molecule has 0 fully saturated rings. The highest BCUT2D eigenvalue weighted by molar-refractivity contribution is 7.22. The second-order valence-corrected chi connectivity index (χ2v) is 8.91. The van der Waals surface area contributed by atoms with E-state index in [1.165, 1.54) is 0 Å². The number of hydrogen-bond donors (Lipinski definition) is 0. The molecular formula is C28H28O6S. The molecule has 0 spiro atoms. The van der Waals surface area contributed by atoms with Crippen LogP contribution in [0.25, 0.3) is 20.5 Å². The molecule has 1 heterocycles. The first-order valence-corrected chi connectivity index (χ1v) is 11.9. The first-order valence-electron chi connectivity index (χ1n) is 11.1. The number of benzene rings is 3. The molecule has 0 bridgehead atoms. The van der Waals surface area contributed by atoms with Gasteiger partial charge in [-0.25, -0.2) is 0 Å².